The van der Waals surface area contributed by atoms with Crippen molar-refractivity contribution in [3.8, 4) is 11.3 Å². The van der Waals surface area contributed by atoms with Gasteiger partial charge in [0.05, 0.1) is 0 Å². The fourth-order valence-electron chi connectivity index (χ4n) is 3.32. The smallest absolute Gasteiger partial charge is 0.222 e. The van der Waals surface area contributed by atoms with Crippen molar-refractivity contribution >= 4 is 11.6 Å². The molecule has 0 aliphatic carbocycles. The van der Waals surface area contributed by atoms with Gasteiger partial charge in [0.1, 0.15) is 11.5 Å². The Morgan fingerprint density at radius 1 is 1.00 bits per heavy atom. The molecule has 0 aliphatic rings. The van der Waals surface area contributed by atoms with E-state index in [0.29, 0.717) is 12.8 Å². The van der Waals surface area contributed by atoms with Crippen LogP contribution in [0.25, 0.3) is 11.3 Å². The summed E-state index contributed by atoms with van der Waals surface area (Å²) in [6, 6.07) is 19.8. The number of nitrogens with zero attached hydrogens (tertiary/aromatic N) is 2. The number of aromatic nitrogens is 1. The highest BCUT2D eigenvalue weighted by atomic mass is 16.5. The van der Waals surface area contributed by atoms with Crippen LogP contribution in [0.15, 0.2) is 65.2 Å². The summed E-state index contributed by atoms with van der Waals surface area (Å²) >= 11 is 0. The van der Waals surface area contributed by atoms with Crippen LogP contribution in [0.3, 0.4) is 0 Å². The molecule has 0 unspecified atom stereocenters. The minimum Gasteiger partial charge on any atom is -0.399 e. The number of unbranched alkanes of at least 4 members (excludes halogenated alkanes) is 2. The van der Waals surface area contributed by atoms with Crippen molar-refractivity contribution in [1.29, 1.82) is 0 Å². The zero-order valence-electron chi connectivity index (χ0n) is 17.0. The molecule has 1 heterocycles. The predicted octanol–water partition coefficient (Wildman–Crippen LogP) is 4.73. The van der Waals surface area contributed by atoms with Crippen LogP contribution >= 0.6 is 0 Å². The van der Waals surface area contributed by atoms with E-state index in [0.717, 1.165) is 60.5 Å². The molecule has 1 aromatic heterocycles. The van der Waals surface area contributed by atoms with Crippen molar-refractivity contribution in [2.75, 3.05) is 19.3 Å². The topological polar surface area (TPSA) is 72.4 Å². The second-order valence-electron chi connectivity index (χ2n) is 7.37. The van der Waals surface area contributed by atoms with Crippen LogP contribution in [0.5, 0.6) is 0 Å². The number of nitrogens with two attached hydrogens (primary N) is 1. The summed E-state index contributed by atoms with van der Waals surface area (Å²) in [7, 11) is 1.87. The first-order valence-corrected chi connectivity index (χ1v) is 10.2. The van der Waals surface area contributed by atoms with Gasteiger partial charge in [-0.25, -0.2) is 0 Å². The van der Waals surface area contributed by atoms with Gasteiger partial charge >= 0.3 is 0 Å². The molecule has 3 aromatic rings. The van der Waals surface area contributed by atoms with Crippen molar-refractivity contribution in [2.45, 2.75) is 38.5 Å². The van der Waals surface area contributed by atoms with E-state index in [1.807, 2.05) is 72.6 Å². The van der Waals surface area contributed by atoms with E-state index in [2.05, 4.69) is 5.16 Å². The average Bonchev–Trinajstić information content (AvgIpc) is 3.22. The summed E-state index contributed by atoms with van der Waals surface area (Å²) in [6.07, 6.45) is 5.09. The second kappa shape index (κ2) is 10.5. The van der Waals surface area contributed by atoms with Gasteiger partial charge in [0.25, 0.3) is 0 Å². The lowest BCUT2D eigenvalue weighted by Gasteiger charge is -2.17. The Morgan fingerprint density at radius 2 is 1.76 bits per heavy atom. The number of carbonyl (C=O) groups is 1. The first kappa shape index (κ1) is 20.6. The zero-order chi connectivity index (χ0) is 20.5. The largest absolute Gasteiger partial charge is 0.399 e. The van der Waals surface area contributed by atoms with E-state index in [-0.39, 0.29) is 5.91 Å². The van der Waals surface area contributed by atoms with E-state index in [9.17, 15) is 4.79 Å². The first-order valence-electron chi connectivity index (χ1n) is 10.2. The Kier molecular flexibility index (Phi) is 7.45. The van der Waals surface area contributed by atoms with E-state index in [1.165, 1.54) is 0 Å². The number of hydrogen-bond donors (Lipinski definition) is 1. The molecule has 0 spiro atoms. The molecule has 0 saturated carbocycles. The molecular formula is C24H29N3O2. The molecule has 2 aromatic carbocycles. The monoisotopic (exact) mass is 391 g/mol. The summed E-state index contributed by atoms with van der Waals surface area (Å²) in [5.74, 6) is 1.07. The predicted molar refractivity (Wildman–Crippen MR) is 116 cm³/mol. The van der Waals surface area contributed by atoms with Gasteiger partial charge in [-0.1, -0.05) is 60.1 Å². The molecule has 0 bridgehead atoms. The third-order valence-electron chi connectivity index (χ3n) is 5.13. The number of amides is 1. The van der Waals surface area contributed by atoms with Gasteiger partial charge in [-0.15, -0.1) is 0 Å². The van der Waals surface area contributed by atoms with Crippen LogP contribution in [-0.4, -0.2) is 29.6 Å². The Balaban J connectivity index is 1.32. The molecule has 29 heavy (non-hydrogen) atoms. The molecule has 2 N–H and O–H groups in total. The summed E-state index contributed by atoms with van der Waals surface area (Å²) in [5.41, 5.74) is 9.68. The molecule has 1 amide bonds. The van der Waals surface area contributed by atoms with Crippen LogP contribution in [0.1, 0.15) is 37.0 Å². The highest BCUT2D eigenvalue weighted by Gasteiger charge is 2.10. The van der Waals surface area contributed by atoms with Gasteiger partial charge < -0.3 is 15.2 Å². The molecule has 5 heteroatoms. The number of anilines is 1. The molecule has 3 rings (SSSR count). The van der Waals surface area contributed by atoms with Gasteiger partial charge in [-0.3, -0.25) is 4.79 Å². The Morgan fingerprint density at radius 3 is 2.55 bits per heavy atom. The van der Waals surface area contributed by atoms with Crippen LogP contribution in [0, 0.1) is 0 Å². The van der Waals surface area contributed by atoms with Crippen LogP contribution in [-0.2, 0) is 17.6 Å². The van der Waals surface area contributed by atoms with Crippen LogP contribution < -0.4 is 5.73 Å². The van der Waals surface area contributed by atoms with Crippen molar-refractivity contribution in [3.05, 3.63) is 72.0 Å². The van der Waals surface area contributed by atoms with Gasteiger partial charge in [-0.2, -0.15) is 0 Å². The first-order chi connectivity index (χ1) is 14.1. The minimum absolute atomic E-state index is 0.163. The van der Waals surface area contributed by atoms with Gasteiger partial charge in [0.2, 0.25) is 5.91 Å². The number of nitrogen functional groups attached to an aromatic ring is 1. The number of carbonyl (C=O) groups excluding carboxylic acids is 1. The molecule has 5 nitrogen and oxygen atoms in total. The SMILES string of the molecule is CN(CCCCCc1cc(-c2ccccc2)no1)C(=O)CCc1ccccc1N. The summed E-state index contributed by atoms with van der Waals surface area (Å²) in [5, 5.41) is 4.15. The fraction of sp³-hybridized carbons (Fsp3) is 0.333. The average molecular weight is 392 g/mol. The highest BCUT2D eigenvalue weighted by molar-refractivity contribution is 5.76. The molecular weight excluding hydrogens is 362 g/mol. The zero-order valence-corrected chi connectivity index (χ0v) is 17.0. The Bertz CT molecular complexity index is 905. The van der Waals surface area contributed by atoms with E-state index >= 15 is 0 Å². The third kappa shape index (κ3) is 6.21. The van der Waals surface area contributed by atoms with Crippen LogP contribution in [0.4, 0.5) is 5.69 Å². The molecule has 0 fully saturated rings. The number of benzene rings is 2. The summed E-state index contributed by atoms with van der Waals surface area (Å²) in [4.78, 5) is 14.1. The molecule has 0 radical (unpaired) electrons. The molecule has 0 aliphatic heterocycles. The lowest BCUT2D eigenvalue weighted by Crippen LogP contribution is -2.28. The highest BCUT2D eigenvalue weighted by Crippen LogP contribution is 2.19. The maximum atomic E-state index is 12.3. The van der Waals surface area contributed by atoms with Gasteiger partial charge in [0, 0.05) is 43.8 Å². The number of hydrogen-bond acceptors (Lipinski definition) is 4. The number of rotatable bonds is 10. The van der Waals surface area contributed by atoms with Crippen LogP contribution in [0.2, 0.25) is 0 Å². The normalized spacial score (nSPS) is 10.8. The number of aryl methyl sites for hydroxylation is 2. The van der Waals surface area contributed by atoms with E-state index < -0.39 is 0 Å². The van der Waals surface area contributed by atoms with Crippen molar-refractivity contribution in [1.82, 2.24) is 10.1 Å². The molecule has 152 valence electrons. The molecule has 0 saturated heterocycles. The van der Waals surface area contributed by atoms with E-state index in [1.54, 1.807) is 0 Å². The third-order valence-corrected chi connectivity index (χ3v) is 5.13. The number of para-hydroxylation sites is 1. The second-order valence-corrected chi connectivity index (χ2v) is 7.37. The fourth-order valence-corrected chi connectivity index (χ4v) is 3.32. The molecule has 0 atom stereocenters. The standard InChI is InChI=1S/C24H29N3O2/c1-27(24(28)16-15-19-10-7-8-14-22(19)25)17-9-3-6-13-21-18-23(26-29-21)20-11-4-2-5-12-20/h2,4-5,7-8,10-12,14,18H,3,6,9,13,15-17,25H2,1H3. The maximum absolute atomic E-state index is 12.3. The lowest BCUT2D eigenvalue weighted by molar-refractivity contribution is -0.129. The minimum atomic E-state index is 0.163. The lowest BCUT2D eigenvalue weighted by atomic mass is 10.1. The van der Waals surface area contributed by atoms with Gasteiger partial charge in [0.15, 0.2) is 0 Å². The van der Waals surface area contributed by atoms with Crippen molar-refractivity contribution in [3.63, 3.8) is 0 Å². The van der Waals surface area contributed by atoms with E-state index in [4.69, 9.17) is 10.3 Å². The Hall–Kier alpha value is -3.08. The van der Waals surface area contributed by atoms with Gasteiger partial charge in [-0.05, 0) is 30.9 Å². The van der Waals surface area contributed by atoms with Crippen molar-refractivity contribution in [2.24, 2.45) is 0 Å². The Labute approximate surface area is 172 Å². The quantitative estimate of drug-likeness (QED) is 0.401. The summed E-state index contributed by atoms with van der Waals surface area (Å²) in [6.45, 7) is 0.773. The summed E-state index contributed by atoms with van der Waals surface area (Å²) < 4.78 is 5.44. The maximum Gasteiger partial charge on any atom is 0.222 e. The van der Waals surface area contributed by atoms with Crippen molar-refractivity contribution < 1.29 is 9.32 Å².